The summed E-state index contributed by atoms with van der Waals surface area (Å²) >= 11 is 0. The molecule has 0 radical (unpaired) electrons. The molecule has 7 nitrogen and oxygen atoms in total. The normalized spacial score (nSPS) is 27.0. The van der Waals surface area contributed by atoms with Crippen molar-refractivity contribution in [1.82, 2.24) is 15.0 Å². The largest absolute Gasteiger partial charge is 0.480 e. The maximum atomic E-state index is 13.6. The number of nitrogens with zero attached hydrogens (tertiary/aromatic N) is 3. The van der Waals surface area contributed by atoms with Crippen molar-refractivity contribution in [3.05, 3.63) is 23.0 Å². The van der Waals surface area contributed by atoms with Crippen LogP contribution in [-0.4, -0.2) is 44.6 Å². The third-order valence-corrected chi connectivity index (χ3v) is 6.67. The SMILES string of the molecule is CC(C)c1noc2nc(C3CC3)cc(C(=O)N3CC4CCCC4C3C(=O)O)c12. The number of rotatable bonds is 4. The lowest BCUT2D eigenvalue weighted by molar-refractivity contribution is -0.142. The van der Waals surface area contributed by atoms with Gasteiger partial charge in [0.05, 0.1) is 16.6 Å². The van der Waals surface area contributed by atoms with Gasteiger partial charge in [0.25, 0.3) is 11.6 Å². The number of pyridine rings is 1. The maximum Gasteiger partial charge on any atom is 0.326 e. The van der Waals surface area contributed by atoms with Gasteiger partial charge in [0.2, 0.25) is 0 Å². The first-order valence-corrected chi connectivity index (χ1v) is 10.3. The van der Waals surface area contributed by atoms with Crippen molar-refractivity contribution < 1.29 is 19.2 Å². The lowest BCUT2D eigenvalue weighted by atomic mass is 9.94. The molecule has 1 N–H and O–H groups in total. The second-order valence-electron chi connectivity index (χ2n) is 8.87. The maximum absolute atomic E-state index is 13.6. The van der Waals surface area contributed by atoms with Crippen LogP contribution in [0.25, 0.3) is 11.1 Å². The molecule has 28 heavy (non-hydrogen) atoms. The van der Waals surface area contributed by atoms with Crippen LogP contribution in [0.1, 0.15) is 79.5 Å². The summed E-state index contributed by atoms with van der Waals surface area (Å²) in [6.07, 6.45) is 5.05. The van der Waals surface area contributed by atoms with Crippen LogP contribution in [0.3, 0.4) is 0 Å². The fourth-order valence-electron chi connectivity index (χ4n) is 5.13. The van der Waals surface area contributed by atoms with E-state index in [0.717, 1.165) is 37.8 Å². The standard InChI is InChI=1S/C21H25N3O4/c1-10(2)17-16-14(8-15(11-6-7-11)22-19(16)28-23-17)20(25)24-9-12-4-3-5-13(12)18(24)21(26)27/h8,10-13,18H,3-7,9H2,1-2H3,(H,26,27). The lowest BCUT2D eigenvalue weighted by Crippen LogP contribution is -2.43. The van der Waals surface area contributed by atoms with Crippen LogP contribution in [0.5, 0.6) is 0 Å². The number of hydrogen-bond acceptors (Lipinski definition) is 5. The third-order valence-electron chi connectivity index (χ3n) is 6.67. The number of fused-ring (bicyclic) bond motifs is 2. The molecule has 1 saturated heterocycles. The summed E-state index contributed by atoms with van der Waals surface area (Å²) in [5.74, 6) is -0.330. The van der Waals surface area contributed by atoms with Crippen molar-refractivity contribution in [3.8, 4) is 0 Å². The van der Waals surface area contributed by atoms with Gasteiger partial charge in [-0.25, -0.2) is 9.78 Å². The third kappa shape index (κ3) is 2.63. The molecule has 3 heterocycles. The van der Waals surface area contributed by atoms with Crippen LogP contribution in [0.15, 0.2) is 10.6 Å². The molecule has 1 aliphatic heterocycles. The smallest absolute Gasteiger partial charge is 0.326 e. The van der Waals surface area contributed by atoms with Crippen molar-refractivity contribution >= 4 is 23.0 Å². The molecule has 5 rings (SSSR count). The average molecular weight is 383 g/mol. The molecule has 0 aromatic carbocycles. The molecule has 0 spiro atoms. The predicted molar refractivity (Wildman–Crippen MR) is 101 cm³/mol. The zero-order chi connectivity index (χ0) is 19.6. The van der Waals surface area contributed by atoms with Gasteiger partial charge in [-0.1, -0.05) is 25.4 Å². The van der Waals surface area contributed by atoms with Crippen molar-refractivity contribution in [3.63, 3.8) is 0 Å². The van der Waals surface area contributed by atoms with E-state index in [1.54, 1.807) is 4.90 Å². The van der Waals surface area contributed by atoms with Crippen LogP contribution in [0.2, 0.25) is 0 Å². The Balaban J connectivity index is 1.62. The Kier molecular flexibility index (Phi) is 3.96. The molecular formula is C21H25N3O4. The van der Waals surface area contributed by atoms with E-state index in [4.69, 9.17) is 4.52 Å². The van der Waals surface area contributed by atoms with E-state index in [2.05, 4.69) is 10.1 Å². The van der Waals surface area contributed by atoms with Crippen LogP contribution >= 0.6 is 0 Å². The van der Waals surface area contributed by atoms with Gasteiger partial charge in [-0.15, -0.1) is 0 Å². The predicted octanol–water partition coefficient (Wildman–Crippen LogP) is 3.55. The molecule has 7 heteroatoms. The second kappa shape index (κ2) is 6.29. The van der Waals surface area contributed by atoms with Crippen molar-refractivity contribution in [2.24, 2.45) is 11.8 Å². The highest BCUT2D eigenvalue weighted by atomic mass is 16.5. The van der Waals surface area contributed by atoms with E-state index < -0.39 is 12.0 Å². The fourth-order valence-corrected chi connectivity index (χ4v) is 5.13. The Labute approximate surface area is 163 Å². The number of aliphatic carboxylic acids is 1. The molecule has 3 unspecified atom stereocenters. The highest BCUT2D eigenvalue weighted by Gasteiger charge is 2.50. The summed E-state index contributed by atoms with van der Waals surface area (Å²) in [5.41, 5.74) is 2.46. The van der Waals surface area contributed by atoms with Gasteiger partial charge in [-0.05, 0) is 49.5 Å². The number of carboxylic acids is 1. The topological polar surface area (TPSA) is 96.5 Å². The van der Waals surface area contributed by atoms with E-state index in [9.17, 15) is 14.7 Å². The van der Waals surface area contributed by atoms with Crippen molar-refractivity contribution in [2.75, 3.05) is 6.54 Å². The van der Waals surface area contributed by atoms with Gasteiger partial charge in [-0.3, -0.25) is 4.79 Å². The zero-order valence-electron chi connectivity index (χ0n) is 16.2. The minimum atomic E-state index is -0.898. The Hall–Kier alpha value is -2.44. The highest BCUT2D eigenvalue weighted by Crippen LogP contribution is 2.44. The molecule has 2 aromatic heterocycles. The van der Waals surface area contributed by atoms with E-state index in [0.29, 0.717) is 34.8 Å². The quantitative estimate of drug-likeness (QED) is 0.867. The number of hydrogen-bond donors (Lipinski definition) is 1. The molecule has 2 saturated carbocycles. The summed E-state index contributed by atoms with van der Waals surface area (Å²) in [4.78, 5) is 31.9. The highest BCUT2D eigenvalue weighted by molar-refractivity contribution is 6.07. The first-order chi connectivity index (χ1) is 13.5. The number of likely N-dealkylation sites (tertiary alicyclic amines) is 1. The Morgan fingerprint density at radius 2 is 2.04 bits per heavy atom. The second-order valence-corrected chi connectivity index (χ2v) is 8.87. The van der Waals surface area contributed by atoms with Crippen molar-refractivity contribution in [2.45, 2.75) is 63.8 Å². The molecule has 2 aromatic rings. The average Bonchev–Trinajstić information content (AvgIpc) is 3.09. The van der Waals surface area contributed by atoms with E-state index in [1.165, 1.54) is 0 Å². The number of amides is 1. The molecule has 148 valence electrons. The molecule has 0 bridgehead atoms. The van der Waals surface area contributed by atoms with Gasteiger partial charge >= 0.3 is 5.97 Å². The minimum absolute atomic E-state index is 0.0636. The minimum Gasteiger partial charge on any atom is -0.480 e. The molecular weight excluding hydrogens is 358 g/mol. The zero-order valence-corrected chi connectivity index (χ0v) is 16.2. The molecule has 3 atom stereocenters. The number of carboxylic acid groups (broad SMARTS) is 1. The number of aromatic nitrogens is 2. The van der Waals surface area contributed by atoms with E-state index >= 15 is 0 Å². The molecule has 1 amide bonds. The Morgan fingerprint density at radius 1 is 1.25 bits per heavy atom. The van der Waals surface area contributed by atoms with E-state index in [-0.39, 0.29) is 23.7 Å². The van der Waals surface area contributed by atoms with E-state index in [1.807, 2.05) is 19.9 Å². The number of carbonyl (C=O) groups is 2. The van der Waals surface area contributed by atoms with Gasteiger partial charge in [-0.2, -0.15) is 0 Å². The van der Waals surface area contributed by atoms with Gasteiger partial charge in [0.15, 0.2) is 0 Å². The van der Waals surface area contributed by atoms with Gasteiger partial charge in [0.1, 0.15) is 6.04 Å². The summed E-state index contributed by atoms with van der Waals surface area (Å²) in [6.45, 7) is 4.52. The first kappa shape index (κ1) is 17.6. The van der Waals surface area contributed by atoms with Gasteiger partial charge in [0, 0.05) is 18.2 Å². The van der Waals surface area contributed by atoms with Crippen LogP contribution in [0, 0.1) is 11.8 Å². The van der Waals surface area contributed by atoms with Gasteiger partial charge < -0.3 is 14.5 Å². The van der Waals surface area contributed by atoms with Crippen LogP contribution in [0.4, 0.5) is 0 Å². The Bertz CT molecular complexity index is 962. The lowest BCUT2D eigenvalue weighted by Gasteiger charge is -2.25. The van der Waals surface area contributed by atoms with Crippen LogP contribution < -0.4 is 0 Å². The number of carbonyl (C=O) groups excluding carboxylic acids is 1. The molecule has 3 fully saturated rings. The fraction of sp³-hybridized carbons (Fsp3) is 0.619. The molecule has 2 aliphatic carbocycles. The summed E-state index contributed by atoms with van der Waals surface area (Å²) in [6, 6.07) is 1.12. The Morgan fingerprint density at radius 3 is 2.71 bits per heavy atom. The summed E-state index contributed by atoms with van der Waals surface area (Å²) in [5, 5.41) is 14.7. The monoisotopic (exact) mass is 383 g/mol. The van der Waals surface area contributed by atoms with Crippen molar-refractivity contribution in [1.29, 1.82) is 0 Å². The molecule has 3 aliphatic rings. The summed E-state index contributed by atoms with van der Waals surface area (Å²) in [7, 11) is 0. The van der Waals surface area contributed by atoms with Crippen LogP contribution in [-0.2, 0) is 4.79 Å². The first-order valence-electron chi connectivity index (χ1n) is 10.3. The summed E-state index contributed by atoms with van der Waals surface area (Å²) < 4.78 is 5.48.